The second-order valence-electron chi connectivity index (χ2n) is 3.62. The Labute approximate surface area is 99.0 Å². The lowest BCUT2D eigenvalue weighted by molar-refractivity contribution is 0.112. The van der Waals surface area contributed by atoms with E-state index in [1.165, 1.54) is 17.6 Å². The third kappa shape index (κ3) is 3.57. The Balaban J connectivity index is 2.73. The summed E-state index contributed by atoms with van der Waals surface area (Å²) in [5, 5.41) is 0.670. The number of nitrogens with zero attached hydrogens (tertiary/aromatic N) is 2. The smallest absolute Gasteiger partial charge is 0.185 e. The molecular weight excluding hydrogens is 248 g/mol. The summed E-state index contributed by atoms with van der Waals surface area (Å²) >= 11 is 1.27. The van der Waals surface area contributed by atoms with Gasteiger partial charge in [0.05, 0.1) is 16.3 Å². The second-order valence-corrected chi connectivity index (χ2v) is 6.88. The van der Waals surface area contributed by atoms with Crippen LogP contribution < -0.4 is 4.90 Å². The van der Waals surface area contributed by atoms with Crippen LogP contribution in [0.5, 0.6) is 0 Å². The quantitative estimate of drug-likeness (QED) is 0.732. The summed E-state index contributed by atoms with van der Waals surface area (Å²) in [4.78, 5) is 17.2. The molecule has 0 aliphatic heterocycles. The van der Waals surface area contributed by atoms with Crippen LogP contribution in [-0.4, -0.2) is 45.3 Å². The minimum Gasteiger partial charge on any atom is -0.350 e. The number of sulfone groups is 1. The van der Waals surface area contributed by atoms with Crippen LogP contribution in [0.25, 0.3) is 0 Å². The fourth-order valence-corrected chi connectivity index (χ4v) is 2.54. The Bertz CT molecular complexity index is 479. The van der Waals surface area contributed by atoms with Crippen molar-refractivity contribution in [3.63, 3.8) is 0 Å². The zero-order valence-corrected chi connectivity index (χ0v) is 11.1. The predicted molar refractivity (Wildman–Crippen MR) is 65.2 cm³/mol. The van der Waals surface area contributed by atoms with Crippen molar-refractivity contribution in [3.05, 3.63) is 10.6 Å². The standard InChI is InChI=1S/C9H14N2O3S2/c1-7-8(6-12)15-9(10-7)11(2)4-5-16(3,13)14/h6H,4-5H2,1-3H3. The van der Waals surface area contributed by atoms with E-state index in [4.69, 9.17) is 0 Å². The molecule has 0 bridgehead atoms. The average molecular weight is 262 g/mol. The largest absolute Gasteiger partial charge is 0.350 e. The molecular formula is C9H14N2O3S2. The number of aromatic nitrogens is 1. The summed E-state index contributed by atoms with van der Waals surface area (Å²) in [5.41, 5.74) is 0.682. The number of aldehydes is 1. The van der Waals surface area contributed by atoms with Crippen molar-refractivity contribution >= 4 is 32.6 Å². The summed E-state index contributed by atoms with van der Waals surface area (Å²) in [6.07, 6.45) is 1.96. The van der Waals surface area contributed by atoms with Crippen LogP contribution in [0.2, 0.25) is 0 Å². The van der Waals surface area contributed by atoms with E-state index in [1.54, 1.807) is 18.9 Å². The first kappa shape index (κ1) is 13.1. The highest BCUT2D eigenvalue weighted by Gasteiger charge is 2.12. The zero-order valence-electron chi connectivity index (χ0n) is 9.43. The highest BCUT2D eigenvalue weighted by atomic mass is 32.2. The molecule has 0 aliphatic carbocycles. The van der Waals surface area contributed by atoms with Crippen molar-refractivity contribution < 1.29 is 13.2 Å². The molecule has 7 heteroatoms. The van der Waals surface area contributed by atoms with Crippen LogP contribution in [0.15, 0.2) is 0 Å². The predicted octanol–water partition coefficient (Wildman–Crippen LogP) is 0.745. The lowest BCUT2D eigenvalue weighted by Gasteiger charge is -2.14. The summed E-state index contributed by atoms with van der Waals surface area (Å²) in [7, 11) is -1.21. The molecule has 1 rings (SSSR count). The number of rotatable bonds is 5. The van der Waals surface area contributed by atoms with Gasteiger partial charge in [0.2, 0.25) is 0 Å². The molecule has 0 radical (unpaired) electrons. The van der Waals surface area contributed by atoms with Crippen LogP contribution in [0.1, 0.15) is 15.4 Å². The SMILES string of the molecule is Cc1nc(N(C)CCS(C)(=O)=O)sc1C=O. The third-order valence-corrected chi connectivity index (χ3v) is 4.17. The summed E-state index contributed by atoms with van der Waals surface area (Å²) in [6.45, 7) is 2.14. The van der Waals surface area contributed by atoms with Crippen molar-refractivity contribution in [2.75, 3.05) is 30.5 Å². The summed E-state index contributed by atoms with van der Waals surface area (Å²) < 4.78 is 22.0. The first-order valence-electron chi connectivity index (χ1n) is 4.65. The van der Waals surface area contributed by atoms with Crippen LogP contribution in [0, 0.1) is 6.92 Å². The Morgan fingerprint density at radius 3 is 2.56 bits per heavy atom. The van der Waals surface area contributed by atoms with Crippen LogP contribution in [0.3, 0.4) is 0 Å². The van der Waals surface area contributed by atoms with Crippen molar-refractivity contribution in [2.45, 2.75) is 6.92 Å². The second kappa shape index (κ2) is 4.92. The zero-order chi connectivity index (χ0) is 12.3. The fraction of sp³-hybridized carbons (Fsp3) is 0.556. The van der Waals surface area contributed by atoms with Crippen molar-refractivity contribution in [2.24, 2.45) is 0 Å². The van der Waals surface area contributed by atoms with E-state index < -0.39 is 9.84 Å². The van der Waals surface area contributed by atoms with Gasteiger partial charge in [0.15, 0.2) is 11.4 Å². The van der Waals surface area contributed by atoms with Gasteiger partial charge in [-0.2, -0.15) is 0 Å². The summed E-state index contributed by atoms with van der Waals surface area (Å²) in [6, 6.07) is 0. The maximum absolute atomic E-state index is 11.0. The van der Waals surface area contributed by atoms with E-state index >= 15 is 0 Å². The maximum Gasteiger partial charge on any atom is 0.185 e. The Hall–Kier alpha value is -0.950. The van der Waals surface area contributed by atoms with E-state index in [-0.39, 0.29) is 5.75 Å². The first-order chi connectivity index (χ1) is 7.33. The lowest BCUT2D eigenvalue weighted by atomic mass is 10.4. The molecule has 5 nitrogen and oxygen atoms in total. The fourth-order valence-electron chi connectivity index (χ4n) is 1.06. The number of carbonyl (C=O) groups excluding carboxylic acids is 1. The average Bonchev–Trinajstić information content (AvgIpc) is 2.55. The third-order valence-electron chi connectivity index (χ3n) is 2.05. The molecule has 1 aromatic rings. The van der Waals surface area contributed by atoms with E-state index in [0.29, 0.717) is 22.2 Å². The van der Waals surface area contributed by atoms with Crippen molar-refractivity contribution in [1.29, 1.82) is 0 Å². The number of carbonyl (C=O) groups is 1. The molecule has 0 N–H and O–H groups in total. The highest BCUT2D eigenvalue weighted by molar-refractivity contribution is 7.90. The molecule has 1 aromatic heterocycles. The topological polar surface area (TPSA) is 67.3 Å². The number of hydrogen-bond acceptors (Lipinski definition) is 6. The van der Waals surface area contributed by atoms with Gasteiger partial charge in [0, 0.05) is 19.8 Å². The molecule has 16 heavy (non-hydrogen) atoms. The van der Waals surface area contributed by atoms with Gasteiger partial charge in [-0.25, -0.2) is 13.4 Å². The van der Waals surface area contributed by atoms with Gasteiger partial charge in [-0.1, -0.05) is 11.3 Å². The van der Waals surface area contributed by atoms with Crippen molar-refractivity contribution in [1.82, 2.24) is 4.98 Å². The van der Waals surface area contributed by atoms with Gasteiger partial charge in [0.25, 0.3) is 0 Å². The van der Waals surface area contributed by atoms with Crippen LogP contribution >= 0.6 is 11.3 Å². The van der Waals surface area contributed by atoms with Gasteiger partial charge in [-0.3, -0.25) is 4.79 Å². The van der Waals surface area contributed by atoms with Gasteiger partial charge in [0.1, 0.15) is 9.84 Å². The molecule has 0 spiro atoms. The minimum atomic E-state index is -2.97. The Kier molecular flexibility index (Phi) is 4.03. The molecule has 0 saturated heterocycles. The number of thiazole rings is 1. The minimum absolute atomic E-state index is 0.0819. The van der Waals surface area contributed by atoms with E-state index in [1.807, 2.05) is 0 Å². The first-order valence-corrected chi connectivity index (χ1v) is 7.52. The molecule has 0 saturated carbocycles. The number of aryl methyl sites for hydroxylation is 1. The summed E-state index contributed by atoms with van der Waals surface area (Å²) in [5.74, 6) is 0.0819. The lowest BCUT2D eigenvalue weighted by Crippen LogP contribution is -2.24. The van der Waals surface area contributed by atoms with Gasteiger partial charge in [-0.15, -0.1) is 0 Å². The van der Waals surface area contributed by atoms with Crippen molar-refractivity contribution in [3.8, 4) is 0 Å². The maximum atomic E-state index is 11.0. The Morgan fingerprint density at radius 2 is 2.12 bits per heavy atom. The van der Waals surface area contributed by atoms with E-state index in [2.05, 4.69) is 4.98 Å². The molecule has 0 unspecified atom stereocenters. The van der Waals surface area contributed by atoms with E-state index in [0.717, 1.165) is 6.29 Å². The molecule has 90 valence electrons. The molecule has 1 heterocycles. The number of hydrogen-bond donors (Lipinski definition) is 0. The Morgan fingerprint density at radius 1 is 1.50 bits per heavy atom. The van der Waals surface area contributed by atoms with Gasteiger partial charge < -0.3 is 4.90 Å². The highest BCUT2D eigenvalue weighted by Crippen LogP contribution is 2.23. The molecule has 0 fully saturated rings. The van der Waals surface area contributed by atoms with Gasteiger partial charge >= 0.3 is 0 Å². The van der Waals surface area contributed by atoms with Crippen LogP contribution in [0.4, 0.5) is 5.13 Å². The molecule has 0 aliphatic rings. The molecule has 0 amide bonds. The normalized spacial score (nSPS) is 11.4. The monoisotopic (exact) mass is 262 g/mol. The van der Waals surface area contributed by atoms with E-state index in [9.17, 15) is 13.2 Å². The number of anilines is 1. The van der Waals surface area contributed by atoms with Gasteiger partial charge in [-0.05, 0) is 6.92 Å². The molecule has 0 atom stereocenters. The molecule has 0 aromatic carbocycles. The van der Waals surface area contributed by atoms with Crippen LogP contribution in [-0.2, 0) is 9.84 Å².